The number of aliphatic imine (C=N–C) groups is 1. The minimum Gasteiger partial charge on any atom is -0.356 e. The summed E-state index contributed by atoms with van der Waals surface area (Å²) < 4.78 is 23.6. The van der Waals surface area contributed by atoms with Gasteiger partial charge < -0.3 is 10.2 Å². The zero-order valence-corrected chi connectivity index (χ0v) is 17.6. The number of hydrogen-bond acceptors (Lipinski definition) is 5. The predicted molar refractivity (Wildman–Crippen MR) is 112 cm³/mol. The zero-order chi connectivity index (χ0) is 19.5. The Bertz CT molecular complexity index is 905. The first-order valence-electron chi connectivity index (χ1n) is 9.00. The Labute approximate surface area is 165 Å². The van der Waals surface area contributed by atoms with Crippen LogP contribution in [-0.4, -0.2) is 61.4 Å². The number of aromatic nitrogens is 1. The Balaban J connectivity index is 1.56. The molecule has 0 spiro atoms. The normalized spacial score (nSPS) is 19.1. The van der Waals surface area contributed by atoms with Crippen molar-refractivity contribution in [2.45, 2.75) is 25.0 Å². The number of nitrogens with one attached hydrogen (secondary N) is 1. The molecule has 1 N–H and O–H groups in total. The number of rotatable bonds is 4. The molecule has 0 unspecified atom stereocenters. The molecular weight excluding hydrogens is 380 g/mol. The molecule has 27 heavy (non-hydrogen) atoms. The second kappa shape index (κ2) is 7.98. The van der Waals surface area contributed by atoms with Crippen LogP contribution in [0.2, 0.25) is 0 Å². The third kappa shape index (κ3) is 4.50. The molecule has 146 valence electrons. The van der Waals surface area contributed by atoms with E-state index in [1.807, 2.05) is 23.1 Å². The summed E-state index contributed by atoms with van der Waals surface area (Å²) in [6.07, 6.45) is 0.790. The van der Waals surface area contributed by atoms with Gasteiger partial charge in [-0.15, -0.1) is 11.3 Å². The standard InChI is InChI=1S/C19H26N4O2S2/c1-19(2)14-23(11-12-27(19,24)25)18(20-3)21-10-9-16-13-26-17(22-16)15-7-5-4-6-8-15/h4-8,13H,9-12,14H2,1-3H3,(H,20,21). The first-order valence-corrected chi connectivity index (χ1v) is 11.5. The Morgan fingerprint density at radius 2 is 2.07 bits per heavy atom. The Hall–Kier alpha value is -1.93. The van der Waals surface area contributed by atoms with Crippen LogP contribution in [0.1, 0.15) is 19.5 Å². The molecular formula is C19H26N4O2S2. The van der Waals surface area contributed by atoms with E-state index in [0.717, 1.165) is 28.6 Å². The fourth-order valence-electron chi connectivity index (χ4n) is 3.09. The topological polar surface area (TPSA) is 74.7 Å². The number of benzene rings is 1. The summed E-state index contributed by atoms with van der Waals surface area (Å²) in [5.41, 5.74) is 2.18. The van der Waals surface area contributed by atoms with Gasteiger partial charge >= 0.3 is 0 Å². The van der Waals surface area contributed by atoms with E-state index >= 15 is 0 Å². The van der Waals surface area contributed by atoms with Gasteiger partial charge in [-0.05, 0) is 13.8 Å². The molecule has 2 aromatic rings. The monoisotopic (exact) mass is 406 g/mol. The van der Waals surface area contributed by atoms with Gasteiger partial charge in [0, 0.05) is 44.0 Å². The fraction of sp³-hybridized carbons (Fsp3) is 0.474. The molecule has 0 amide bonds. The molecule has 0 bridgehead atoms. The van der Waals surface area contributed by atoms with Gasteiger partial charge in [-0.1, -0.05) is 30.3 Å². The maximum absolute atomic E-state index is 12.2. The van der Waals surface area contributed by atoms with Gasteiger partial charge in [0.2, 0.25) is 0 Å². The smallest absolute Gasteiger partial charge is 0.193 e. The van der Waals surface area contributed by atoms with Crippen molar-refractivity contribution < 1.29 is 8.42 Å². The number of guanidine groups is 1. The third-order valence-electron chi connectivity index (χ3n) is 4.79. The van der Waals surface area contributed by atoms with Crippen LogP contribution in [0.25, 0.3) is 10.6 Å². The van der Waals surface area contributed by atoms with Crippen LogP contribution in [0.3, 0.4) is 0 Å². The quantitative estimate of drug-likeness (QED) is 0.624. The van der Waals surface area contributed by atoms with Crippen molar-refractivity contribution in [3.05, 3.63) is 41.4 Å². The van der Waals surface area contributed by atoms with E-state index in [0.29, 0.717) is 19.6 Å². The van der Waals surface area contributed by atoms with Crippen molar-refractivity contribution in [3.8, 4) is 10.6 Å². The van der Waals surface area contributed by atoms with Crippen LogP contribution in [0.4, 0.5) is 0 Å². The van der Waals surface area contributed by atoms with Crippen molar-refractivity contribution in [2.75, 3.05) is 32.4 Å². The number of hydrogen-bond donors (Lipinski definition) is 1. The first kappa shape index (κ1) is 19.8. The summed E-state index contributed by atoms with van der Waals surface area (Å²) in [4.78, 5) is 11.1. The molecule has 6 nitrogen and oxygen atoms in total. The van der Waals surface area contributed by atoms with Gasteiger partial charge in [0.15, 0.2) is 15.8 Å². The molecule has 1 aromatic carbocycles. The van der Waals surface area contributed by atoms with E-state index in [1.165, 1.54) is 0 Å². The molecule has 1 saturated heterocycles. The molecule has 1 aromatic heterocycles. The summed E-state index contributed by atoms with van der Waals surface area (Å²) in [6.45, 7) is 5.18. The molecule has 3 rings (SSSR count). The van der Waals surface area contributed by atoms with Gasteiger partial charge in [-0.2, -0.15) is 0 Å². The van der Waals surface area contributed by atoms with Crippen LogP contribution < -0.4 is 5.32 Å². The minimum atomic E-state index is -3.06. The maximum atomic E-state index is 12.2. The minimum absolute atomic E-state index is 0.160. The average molecular weight is 407 g/mol. The van der Waals surface area contributed by atoms with Gasteiger partial charge in [-0.3, -0.25) is 4.99 Å². The van der Waals surface area contributed by atoms with Crippen molar-refractivity contribution in [3.63, 3.8) is 0 Å². The van der Waals surface area contributed by atoms with Crippen molar-refractivity contribution in [1.29, 1.82) is 0 Å². The molecule has 1 aliphatic rings. The van der Waals surface area contributed by atoms with Gasteiger partial charge in [0.1, 0.15) is 5.01 Å². The summed E-state index contributed by atoms with van der Waals surface area (Å²) in [7, 11) is -1.32. The number of sulfone groups is 1. The lowest BCUT2D eigenvalue weighted by Crippen LogP contribution is -2.57. The van der Waals surface area contributed by atoms with E-state index < -0.39 is 14.6 Å². The van der Waals surface area contributed by atoms with E-state index in [-0.39, 0.29) is 5.75 Å². The molecule has 0 atom stereocenters. The maximum Gasteiger partial charge on any atom is 0.193 e. The van der Waals surface area contributed by atoms with Crippen LogP contribution in [0.5, 0.6) is 0 Å². The first-order chi connectivity index (χ1) is 12.8. The molecule has 2 heterocycles. The van der Waals surface area contributed by atoms with E-state index in [4.69, 9.17) is 4.98 Å². The fourth-order valence-corrected chi connectivity index (χ4v) is 5.32. The Morgan fingerprint density at radius 1 is 1.33 bits per heavy atom. The van der Waals surface area contributed by atoms with Crippen molar-refractivity contribution >= 4 is 27.1 Å². The average Bonchev–Trinajstić information content (AvgIpc) is 3.11. The van der Waals surface area contributed by atoms with Crippen molar-refractivity contribution in [2.24, 2.45) is 4.99 Å². The van der Waals surface area contributed by atoms with E-state index in [1.54, 1.807) is 32.2 Å². The zero-order valence-electron chi connectivity index (χ0n) is 16.0. The molecule has 0 saturated carbocycles. The Morgan fingerprint density at radius 3 is 2.74 bits per heavy atom. The third-order valence-corrected chi connectivity index (χ3v) is 8.26. The highest BCUT2D eigenvalue weighted by atomic mass is 32.2. The van der Waals surface area contributed by atoms with Crippen LogP contribution in [-0.2, 0) is 16.3 Å². The summed E-state index contributed by atoms with van der Waals surface area (Å²) >= 11 is 1.65. The summed E-state index contributed by atoms with van der Waals surface area (Å²) in [5, 5.41) is 6.46. The second-order valence-corrected chi connectivity index (χ2v) is 10.8. The van der Waals surface area contributed by atoms with Crippen LogP contribution in [0, 0.1) is 0 Å². The summed E-state index contributed by atoms with van der Waals surface area (Å²) in [5.74, 6) is 0.907. The molecule has 1 aliphatic heterocycles. The lowest BCUT2D eigenvalue weighted by molar-refractivity contribution is 0.353. The van der Waals surface area contributed by atoms with Crippen LogP contribution in [0.15, 0.2) is 40.7 Å². The van der Waals surface area contributed by atoms with Crippen molar-refractivity contribution in [1.82, 2.24) is 15.2 Å². The number of thiazole rings is 1. The molecule has 0 aliphatic carbocycles. The highest BCUT2D eigenvalue weighted by Crippen LogP contribution is 2.24. The van der Waals surface area contributed by atoms with Gasteiger partial charge in [-0.25, -0.2) is 13.4 Å². The second-order valence-electron chi connectivity index (χ2n) is 7.23. The van der Waals surface area contributed by atoms with Gasteiger partial charge in [0.25, 0.3) is 0 Å². The number of nitrogens with zero attached hydrogens (tertiary/aromatic N) is 3. The van der Waals surface area contributed by atoms with Gasteiger partial charge in [0.05, 0.1) is 16.2 Å². The van der Waals surface area contributed by atoms with Crippen LogP contribution >= 0.6 is 11.3 Å². The van der Waals surface area contributed by atoms with E-state index in [2.05, 4.69) is 27.8 Å². The molecule has 0 radical (unpaired) electrons. The highest BCUT2D eigenvalue weighted by molar-refractivity contribution is 7.92. The molecule has 1 fully saturated rings. The lowest BCUT2D eigenvalue weighted by atomic mass is 10.2. The predicted octanol–water partition coefficient (Wildman–Crippen LogP) is 2.44. The molecule has 8 heteroatoms. The summed E-state index contributed by atoms with van der Waals surface area (Å²) in [6, 6.07) is 10.2. The Kier molecular flexibility index (Phi) is 5.86. The largest absolute Gasteiger partial charge is 0.356 e. The SMILES string of the molecule is CN=C(NCCc1csc(-c2ccccc2)n1)N1CCS(=O)(=O)C(C)(C)C1. The highest BCUT2D eigenvalue weighted by Gasteiger charge is 2.40. The lowest BCUT2D eigenvalue weighted by Gasteiger charge is -2.39. The van der Waals surface area contributed by atoms with E-state index in [9.17, 15) is 8.42 Å².